The van der Waals surface area contributed by atoms with Crippen LogP contribution in [0.25, 0.3) is 5.70 Å². The van der Waals surface area contributed by atoms with Gasteiger partial charge in [-0.25, -0.2) is 0 Å². The maximum Gasteiger partial charge on any atom is 0.0947 e. The Morgan fingerprint density at radius 2 is 1.60 bits per heavy atom. The summed E-state index contributed by atoms with van der Waals surface area (Å²) in [6, 6.07) is 18.5. The quantitative estimate of drug-likeness (QED) is 0.807. The summed E-state index contributed by atoms with van der Waals surface area (Å²) in [5.74, 6) is 0. The topological polar surface area (TPSA) is 6.48 Å². The van der Waals surface area contributed by atoms with Gasteiger partial charge in [0.25, 0.3) is 0 Å². The minimum absolute atomic E-state index is 0.429. The molecule has 0 radical (unpaired) electrons. The molecule has 0 bridgehead atoms. The Kier molecular flexibility index (Phi) is 2.92. The van der Waals surface area contributed by atoms with Crippen molar-refractivity contribution in [3.63, 3.8) is 0 Å². The van der Waals surface area contributed by atoms with Crippen LogP contribution in [-0.2, 0) is 0 Å². The first kappa shape index (κ1) is 11.6. The van der Waals surface area contributed by atoms with E-state index in [-0.39, 0.29) is 0 Å². The van der Waals surface area contributed by atoms with Gasteiger partial charge in [0.15, 0.2) is 0 Å². The molecule has 2 heteroatoms. The van der Waals surface area contributed by atoms with Crippen molar-refractivity contribution in [1.29, 1.82) is 0 Å². The summed E-state index contributed by atoms with van der Waals surface area (Å²) in [5, 5.41) is 0. The normalized spacial score (nSPS) is 19.6. The highest BCUT2D eigenvalue weighted by atomic mass is 15.4. The molecule has 0 aromatic heterocycles. The summed E-state index contributed by atoms with van der Waals surface area (Å²) in [6.07, 6.45) is 0. The Morgan fingerprint density at radius 1 is 0.950 bits per heavy atom. The molecule has 1 aliphatic rings. The van der Waals surface area contributed by atoms with Crippen LogP contribution in [0.15, 0.2) is 60.3 Å². The van der Waals surface area contributed by atoms with Gasteiger partial charge in [0.05, 0.1) is 13.7 Å². The second-order valence-corrected chi connectivity index (χ2v) is 5.18. The van der Waals surface area contributed by atoms with Gasteiger partial charge >= 0.3 is 0 Å². The van der Waals surface area contributed by atoms with E-state index in [9.17, 15) is 0 Å². The van der Waals surface area contributed by atoms with Gasteiger partial charge in [-0.15, -0.1) is 0 Å². The number of rotatable bonds is 2. The van der Waals surface area contributed by atoms with E-state index in [2.05, 4.69) is 43.0 Å². The molecule has 102 valence electrons. The lowest BCUT2D eigenvalue weighted by Crippen LogP contribution is -2.24. The van der Waals surface area contributed by atoms with E-state index in [1.165, 1.54) is 5.56 Å². The number of allylic oxidation sites excluding steroid dienone is 1. The van der Waals surface area contributed by atoms with Crippen molar-refractivity contribution in [2.75, 3.05) is 18.6 Å². The van der Waals surface area contributed by atoms with Crippen LogP contribution in [0.2, 0.25) is 0 Å². The maximum absolute atomic E-state index is 8.55. The Morgan fingerprint density at radius 3 is 2.30 bits per heavy atom. The van der Waals surface area contributed by atoms with E-state index in [0.29, 0.717) is 0 Å². The Labute approximate surface area is 122 Å². The highest BCUT2D eigenvalue weighted by Crippen LogP contribution is 2.34. The molecule has 3 rings (SSSR count). The molecule has 0 fully saturated rings. The predicted molar refractivity (Wildman–Crippen MR) is 85.3 cm³/mol. The fraction of sp³-hybridized carbons (Fsp3) is 0.222. The molecule has 1 heterocycles. The Balaban J connectivity index is 2.12. The Bertz CT molecular complexity index is 679. The smallest absolute Gasteiger partial charge is 0.0947 e. The monoisotopic (exact) mass is 265 g/mol. The molecule has 0 N–H and O–H groups in total. The van der Waals surface area contributed by atoms with Crippen LogP contribution < -0.4 is 4.90 Å². The molecule has 1 unspecified atom stereocenters. The van der Waals surface area contributed by atoms with Crippen LogP contribution in [0.5, 0.6) is 0 Å². The van der Waals surface area contributed by atoms with E-state index < -0.39 is 6.64 Å². The van der Waals surface area contributed by atoms with Gasteiger partial charge < -0.3 is 9.80 Å². The summed E-state index contributed by atoms with van der Waals surface area (Å²) in [7, 11) is 1.99. The minimum atomic E-state index is -0.429. The van der Waals surface area contributed by atoms with Crippen LogP contribution in [0.4, 0.5) is 5.69 Å². The fourth-order valence-electron chi connectivity index (χ4n) is 2.77. The van der Waals surface area contributed by atoms with Crippen molar-refractivity contribution in [3.8, 4) is 0 Å². The SMILES string of the molecule is [2H]C1N(C)C(c2ccccc2)=C(C)N1c1ccccc1C. The first-order valence-electron chi connectivity index (χ1n) is 7.45. The molecule has 20 heavy (non-hydrogen) atoms. The van der Waals surface area contributed by atoms with Gasteiger partial charge in [-0.1, -0.05) is 48.5 Å². The second-order valence-electron chi connectivity index (χ2n) is 5.18. The molecule has 0 aliphatic carbocycles. The minimum Gasteiger partial charge on any atom is -0.355 e. The zero-order chi connectivity index (χ0) is 15.0. The average molecular weight is 265 g/mol. The molecule has 0 spiro atoms. The van der Waals surface area contributed by atoms with Gasteiger partial charge in [-0.2, -0.15) is 0 Å². The summed E-state index contributed by atoms with van der Waals surface area (Å²) >= 11 is 0. The van der Waals surface area contributed by atoms with Crippen molar-refractivity contribution in [2.45, 2.75) is 13.8 Å². The number of para-hydroxylation sites is 1. The number of benzene rings is 2. The third-order valence-electron chi connectivity index (χ3n) is 3.77. The number of hydrogen-bond acceptors (Lipinski definition) is 2. The van der Waals surface area contributed by atoms with E-state index in [4.69, 9.17) is 1.37 Å². The second kappa shape index (κ2) is 5.04. The maximum atomic E-state index is 8.55. The number of nitrogens with zero attached hydrogens (tertiary/aromatic N) is 2. The van der Waals surface area contributed by atoms with Crippen molar-refractivity contribution in [3.05, 3.63) is 71.4 Å². The summed E-state index contributed by atoms with van der Waals surface area (Å²) < 4.78 is 8.55. The molecule has 2 aromatic rings. The molecule has 0 saturated carbocycles. The molecular weight excluding hydrogens is 244 g/mol. The third kappa shape index (κ3) is 2.07. The van der Waals surface area contributed by atoms with E-state index in [0.717, 1.165) is 22.6 Å². The first-order chi connectivity index (χ1) is 10.1. The van der Waals surface area contributed by atoms with E-state index in [1.807, 2.05) is 42.3 Å². The van der Waals surface area contributed by atoms with Crippen molar-refractivity contribution < 1.29 is 1.37 Å². The van der Waals surface area contributed by atoms with Crippen LogP contribution in [0.3, 0.4) is 0 Å². The summed E-state index contributed by atoms with van der Waals surface area (Å²) in [5.41, 5.74) is 5.70. The Hall–Kier alpha value is -2.22. The molecule has 0 saturated heterocycles. The molecule has 2 nitrogen and oxygen atoms in total. The zero-order valence-corrected chi connectivity index (χ0v) is 12.2. The van der Waals surface area contributed by atoms with Crippen LogP contribution in [0, 0.1) is 6.92 Å². The third-order valence-corrected chi connectivity index (χ3v) is 3.77. The van der Waals surface area contributed by atoms with Crippen LogP contribution in [0.1, 0.15) is 19.4 Å². The summed E-state index contributed by atoms with van der Waals surface area (Å²) in [4.78, 5) is 4.12. The number of hydrogen-bond donors (Lipinski definition) is 0. The molecule has 1 aliphatic heterocycles. The average Bonchev–Trinajstić information content (AvgIpc) is 2.71. The van der Waals surface area contributed by atoms with Gasteiger partial charge in [0, 0.05) is 18.4 Å². The molecular formula is C18H20N2. The lowest BCUT2D eigenvalue weighted by molar-refractivity contribution is 0.516. The first-order valence-corrected chi connectivity index (χ1v) is 6.87. The fourth-order valence-corrected chi connectivity index (χ4v) is 2.77. The number of aryl methyl sites for hydroxylation is 1. The van der Waals surface area contributed by atoms with Gasteiger partial charge in [0.2, 0.25) is 0 Å². The van der Waals surface area contributed by atoms with Gasteiger partial charge in [-0.3, -0.25) is 0 Å². The molecule has 2 aromatic carbocycles. The van der Waals surface area contributed by atoms with Crippen molar-refractivity contribution in [2.24, 2.45) is 0 Å². The van der Waals surface area contributed by atoms with Crippen molar-refractivity contribution >= 4 is 11.4 Å². The summed E-state index contributed by atoms with van der Waals surface area (Å²) in [6.45, 7) is 3.76. The lowest BCUT2D eigenvalue weighted by Gasteiger charge is -2.22. The molecule has 0 amide bonds. The number of anilines is 1. The largest absolute Gasteiger partial charge is 0.355 e. The van der Waals surface area contributed by atoms with E-state index in [1.54, 1.807) is 0 Å². The van der Waals surface area contributed by atoms with Gasteiger partial charge in [0.1, 0.15) is 0 Å². The van der Waals surface area contributed by atoms with Crippen LogP contribution in [-0.4, -0.2) is 18.6 Å². The molecule has 1 atom stereocenters. The van der Waals surface area contributed by atoms with E-state index >= 15 is 0 Å². The highest BCUT2D eigenvalue weighted by Gasteiger charge is 2.26. The standard InChI is InChI=1S/C18H20N2/c1-14-9-7-8-12-17(14)20-13-19(3)18(15(20)2)16-10-5-4-6-11-16/h4-12H,13H2,1-3H3/i13D. The highest BCUT2D eigenvalue weighted by molar-refractivity contribution is 5.75. The predicted octanol–water partition coefficient (Wildman–Crippen LogP) is 4.09. The lowest BCUT2D eigenvalue weighted by atomic mass is 10.1. The van der Waals surface area contributed by atoms with Gasteiger partial charge in [-0.05, 0) is 31.0 Å². The van der Waals surface area contributed by atoms with Crippen molar-refractivity contribution in [1.82, 2.24) is 4.90 Å². The zero-order valence-electron chi connectivity index (χ0n) is 13.2. The van der Waals surface area contributed by atoms with Crippen LogP contribution >= 0.6 is 0 Å².